The van der Waals surface area contributed by atoms with Gasteiger partial charge in [-0.1, -0.05) is 28.1 Å². The fraction of sp³-hybridized carbons (Fsp3) is 0.312. The predicted molar refractivity (Wildman–Crippen MR) is 82.4 cm³/mol. The molecular formula is C16H18BrNO2. The molecule has 3 nitrogen and oxygen atoms in total. The maximum absolute atomic E-state index is 12.2. The van der Waals surface area contributed by atoms with Gasteiger partial charge in [-0.25, -0.2) is 0 Å². The Morgan fingerprint density at radius 3 is 2.80 bits per heavy atom. The molecule has 20 heavy (non-hydrogen) atoms. The molecule has 0 aliphatic carbocycles. The van der Waals surface area contributed by atoms with Gasteiger partial charge in [0.1, 0.15) is 5.76 Å². The lowest BCUT2D eigenvalue weighted by atomic mass is 10.1. The van der Waals surface area contributed by atoms with Crippen molar-refractivity contribution in [3.8, 4) is 0 Å². The molecule has 1 amide bonds. The van der Waals surface area contributed by atoms with Crippen LogP contribution in [0.5, 0.6) is 0 Å². The maximum atomic E-state index is 12.2. The summed E-state index contributed by atoms with van der Waals surface area (Å²) < 4.78 is 6.39. The molecule has 2 aromatic rings. The van der Waals surface area contributed by atoms with Gasteiger partial charge in [0.2, 0.25) is 5.91 Å². The largest absolute Gasteiger partial charge is 0.467 e. The van der Waals surface area contributed by atoms with E-state index in [1.807, 2.05) is 50.4 Å². The van der Waals surface area contributed by atoms with Crippen molar-refractivity contribution < 1.29 is 9.21 Å². The second-order valence-electron chi connectivity index (χ2n) is 4.83. The van der Waals surface area contributed by atoms with E-state index in [4.69, 9.17) is 4.42 Å². The third-order valence-electron chi connectivity index (χ3n) is 3.45. The highest BCUT2D eigenvalue weighted by molar-refractivity contribution is 9.10. The highest BCUT2D eigenvalue weighted by Gasteiger charge is 2.18. The minimum atomic E-state index is -0.0417. The van der Waals surface area contributed by atoms with Crippen molar-refractivity contribution in [2.45, 2.75) is 25.8 Å². The first-order chi connectivity index (χ1) is 9.58. The Kier molecular flexibility index (Phi) is 5.01. The zero-order chi connectivity index (χ0) is 14.5. The number of carbonyl (C=O) groups is 1. The Bertz CT molecular complexity index is 566. The van der Waals surface area contributed by atoms with Crippen molar-refractivity contribution in [1.29, 1.82) is 0 Å². The lowest BCUT2D eigenvalue weighted by Crippen LogP contribution is -2.29. The van der Waals surface area contributed by atoms with Gasteiger partial charge in [-0.15, -0.1) is 0 Å². The lowest BCUT2D eigenvalue weighted by Gasteiger charge is -2.23. The van der Waals surface area contributed by atoms with E-state index in [2.05, 4.69) is 15.9 Å². The first-order valence-corrected chi connectivity index (χ1v) is 7.40. The van der Waals surface area contributed by atoms with Crippen LogP contribution >= 0.6 is 15.9 Å². The van der Waals surface area contributed by atoms with Crippen LogP contribution in [0.25, 0.3) is 0 Å². The van der Waals surface area contributed by atoms with Crippen LogP contribution in [0.2, 0.25) is 0 Å². The summed E-state index contributed by atoms with van der Waals surface area (Å²) >= 11 is 3.44. The molecule has 0 saturated heterocycles. The van der Waals surface area contributed by atoms with E-state index in [0.717, 1.165) is 22.2 Å². The summed E-state index contributed by atoms with van der Waals surface area (Å²) in [6.45, 7) is 1.97. The van der Waals surface area contributed by atoms with Crippen molar-refractivity contribution in [1.82, 2.24) is 4.90 Å². The van der Waals surface area contributed by atoms with Crippen molar-refractivity contribution >= 4 is 21.8 Å². The zero-order valence-electron chi connectivity index (χ0n) is 11.7. The molecule has 0 aliphatic heterocycles. The van der Waals surface area contributed by atoms with Crippen LogP contribution in [0.4, 0.5) is 0 Å². The summed E-state index contributed by atoms with van der Waals surface area (Å²) in [5, 5.41) is 0. The van der Waals surface area contributed by atoms with Gasteiger partial charge in [0, 0.05) is 17.9 Å². The lowest BCUT2D eigenvalue weighted by molar-refractivity contribution is -0.132. The van der Waals surface area contributed by atoms with Crippen LogP contribution in [0.15, 0.2) is 51.6 Å². The van der Waals surface area contributed by atoms with Gasteiger partial charge in [0.05, 0.1) is 12.3 Å². The van der Waals surface area contributed by atoms with E-state index in [9.17, 15) is 4.79 Å². The Balaban J connectivity index is 1.91. The number of rotatable bonds is 5. The smallest absolute Gasteiger partial charge is 0.223 e. The monoisotopic (exact) mass is 335 g/mol. The fourth-order valence-electron chi connectivity index (χ4n) is 2.06. The summed E-state index contributed by atoms with van der Waals surface area (Å²) in [6, 6.07) is 11.7. The fourth-order valence-corrected chi connectivity index (χ4v) is 2.50. The molecular weight excluding hydrogens is 318 g/mol. The van der Waals surface area contributed by atoms with Gasteiger partial charge < -0.3 is 9.32 Å². The summed E-state index contributed by atoms with van der Waals surface area (Å²) in [5.74, 6) is 0.928. The highest BCUT2D eigenvalue weighted by Crippen LogP contribution is 2.20. The summed E-state index contributed by atoms with van der Waals surface area (Å²) in [6.07, 6.45) is 2.87. The number of carbonyl (C=O) groups excluding carboxylic acids is 1. The van der Waals surface area contributed by atoms with E-state index in [1.165, 1.54) is 0 Å². The second-order valence-corrected chi connectivity index (χ2v) is 5.74. The summed E-state index contributed by atoms with van der Waals surface area (Å²) in [4.78, 5) is 13.9. The zero-order valence-corrected chi connectivity index (χ0v) is 13.3. The van der Waals surface area contributed by atoms with Gasteiger partial charge in [0.15, 0.2) is 0 Å². The number of nitrogens with zero attached hydrogens (tertiary/aromatic N) is 1. The van der Waals surface area contributed by atoms with Crippen molar-refractivity contribution in [3.05, 3.63) is 58.5 Å². The van der Waals surface area contributed by atoms with Crippen molar-refractivity contribution in [2.75, 3.05) is 7.05 Å². The minimum absolute atomic E-state index is 0.0417. The van der Waals surface area contributed by atoms with Crippen LogP contribution < -0.4 is 0 Å². The predicted octanol–water partition coefficient (Wildman–Crippen LogP) is 4.19. The molecule has 2 rings (SSSR count). The Hall–Kier alpha value is -1.55. The molecule has 1 aromatic carbocycles. The standard InChI is InChI=1S/C16H18BrNO2/c1-12(15-7-4-10-20-15)18(2)16(19)9-8-13-5-3-6-14(17)11-13/h3-7,10-12H,8-9H2,1-2H3. The van der Waals surface area contributed by atoms with Crippen LogP contribution in [0.3, 0.4) is 0 Å². The van der Waals surface area contributed by atoms with Crippen LogP contribution in [0, 0.1) is 0 Å². The van der Waals surface area contributed by atoms with Gasteiger partial charge in [-0.2, -0.15) is 0 Å². The molecule has 0 N–H and O–H groups in total. The van der Waals surface area contributed by atoms with E-state index in [-0.39, 0.29) is 11.9 Å². The molecule has 0 radical (unpaired) electrons. The van der Waals surface area contributed by atoms with Crippen molar-refractivity contribution in [3.63, 3.8) is 0 Å². The molecule has 0 aliphatic rings. The number of aryl methyl sites for hydroxylation is 1. The molecule has 1 aromatic heterocycles. The second kappa shape index (κ2) is 6.75. The number of furan rings is 1. The molecule has 1 unspecified atom stereocenters. The van der Waals surface area contributed by atoms with Crippen LogP contribution in [-0.2, 0) is 11.2 Å². The Labute approximate surface area is 127 Å². The number of hydrogen-bond donors (Lipinski definition) is 0. The molecule has 0 spiro atoms. The molecule has 0 fully saturated rings. The molecule has 1 atom stereocenters. The number of benzene rings is 1. The topological polar surface area (TPSA) is 33.5 Å². The Morgan fingerprint density at radius 1 is 1.35 bits per heavy atom. The number of amides is 1. The van der Waals surface area contributed by atoms with Gasteiger partial charge in [-0.3, -0.25) is 4.79 Å². The SMILES string of the molecule is CC(c1ccco1)N(C)C(=O)CCc1cccc(Br)c1. The number of hydrogen-bond acceptors (Lipinski definition) is 2. The molecule has 1 heterocycles. The average molecular weight is 336 g/mol. The van der Waals surface area contributed by atoms with E-state index in [1.54, 1.807) is 11.2 Å². The molecule has 106 valence electrons. The summed E-state index contributed by atoms with van der Waals surface area (Å²) in [5.41, 5.74) is 1.16. The molecule has 0 bridgehead atoms. The average Bonchev–Trinajstić information content (AvgIpc) is 2.97. The van der Waals surface area contributed by atoms with E-state index in [0.29, 0.717) is 6.42 Å². The summed E-state index contributed by atoms with van der Waals surface area (Å²) in [7, 11) is 1.82. The highest BCUT2D eigenvalue weighted by atomic mass is 79.9. The van der Waals surface area contributed by atoms with Crippen LogP contribution in [-0.4, -0.2) is 17.9 Å². The quantitative estimate of drug-likeness (QED) is 0.820. The number of halogens is 1. The van der Waals surface area contributed by atoms with Gasteiger partial charge in [-0.05, 0) is 43.2 Å². The normalized spacial score (nSPS) is 12.2. The first-order valence-electron chi connectivity index (χ1n) is 6.61. The molecule has 0 saturated carbocycles. The van der Waals surface area contributed by atoms with E-state index >= 15 is 0 Å². The van der Waals surface area contributed by atoms with Crippen molar-refractivity contribution in [2.24, 2.45) is 0 Å². The minimum Gasteiger partial charge on any atom is -0.467 e. The Morgan fingerprint density at radius 2 is 2.15 bits per heavy atom. The van der Waals surface area contributed by atoms with Crippen LogP contribution in [0.1, 0.15) is 30.7 Å². The first kappa shape index (κ1) is 14.9. The third kappa shape index (κ3) is 3.73. The van der Waals surface area contributed by atoms with Gasteiger partial charge in [0.25, 0.3) is 0 Å². The maximum Gasteiger partial charge on any atom is 0.223 e. The third-order valence-corrected chi connectivity index (χ3v) is 3.94. The van der Waals surface area contributed by atoms with Gasteiger partial charge >= 0.3 is 0 Å². The van der Waals surface area contributed by atoms with E-state index < -0.39 is 0 Å². The molecule has 4 heteroatoms.